The van der Waals surface area contributed by atoms with E-state index >= 15 is 0 Å². The Hall–Kier alpha value is -2.20. The predicted octanol–water partition coefficient (Wildman–Crippen LogP) is 5.36. The molecule has 0 aliphatic heterocycles. The molecule has 0 aromatic carbocycles. The molecule has 1 N–H and O–H groups in total. The van der Waals surface area contributed by atoms with Crippen LogP contribution in [0.15, 0.2) is 58.7 Å². The maximum absolute atomic E-state index is 11.6. The highest BCUT2D eigenvalue weighted by atomic mass is 16.6. The van der Waals surface area contributed by atoms with Gasteiger partial charge < -0.3 is 9.84 Å². The van der Waals surface area contributed by atoms with Crippen LogP contribution in [0.25, 0.3) is 0 Å². The summed E-state index contributed by atoms with van der Waals surface area (Å²) < 4.78 is 4.61. The van der Waals surface area contributed by atoms with E-state index in [-0.39, 0.29) is 11.8 Å². The number of carbonyl (C=O) groups excluding carboxylic acids is 2. The number of allylic oxidation sites excluding steroid dienone is 9. The third-order valence-corrected chi connectivity index (χ3v) is 4.80. The summed E-state index contributed by atoms with van der Waals surface area (Å²) in [6.07, 6.45) is 13.8. The SMILES string of the molecule is CC1=C(/C=C/C(C)=C/C=C/C(C)=C/C(=O)OC(=O)CC(C)O)C(C)(C)CCC1. The molecule has 1 aliphatic carbocycles. The average molecular weight is 387 g/mol. The van der Waals surface area contributed by atoms with Crippen molar-refractivity contribution in [3.05, 3.63) is 58.7 Å². The average Bonchev–Trinajstić information content (AvgIpc) is 2.52. The van der Waals surface area contributed by atoms with E-state index in [9.17, 15) is 9.59 Å². The topological polar surface area (TPSA) is 63.6 Å². The van der Waals surface area contributed by atoms with Gasteiger partial charge in [-0.3, -0.25) is 4.79 Å². The number of aliphatic hydroxyl groups excluding tert-OH is 1. The number of ether oxygens (including phenoxy) is 1. The lowest BCUT2D eigenvalue weighted by atomic mass is 9.72. The van der Waals surface area contributed by atoms with Crippen molar-refractivity contribution in [2.24, 2.45) is 5.41 Å². The van der Waals surface area contributed by atoms with Crippen LogP contribution in [0.5, 0.6) is 0 Å². The molecule has 0 spiro atoms. The fourth-order valence-electron chi connectivity index (χ4n) is 3.29. The number of carbonyl (C=O) groups is 2. The molecule has 0 aromatic heterocycles. The number of hydrogen-bond acceptors (Lipinski definition) is 4. The zero-order chi connectivity index (χ0) is 21.3. The molecule has 1 aliphatic rings. The molecule has 0 heterocycles. The lowest BCUT2D eigenvalue weighted by molar-refractivity contribution is -0.157. The van der Waals surface area contributed by atoms with E-state index in [1.54, 1.807) is 13.0 Å². The van der Waals surface area contributed by atoms with Gasteiger partial charge in [0.25, 0.3) is 0 Å². The van der Waals surface area contributed by atoms with E-state index in [0.717, 1.165) is 5.57 Å². The van der Waals surface area contributed by atoms with Gasteiger partial charge in [0.2, 0.25) is 0 Å². The molecule has 1 unspecified atom stereocenters. The molecule has 1 rings (SSSR count). The molecule has 0 amide bonds. The summed E-state index contributed by atoms with van der Waals surface area (Å²) in [5, 5.41) is 9.10. The predicted molar refractivity (Wildman–Crippen MR) is 114 cm³/mol. The summed E-state index contributed by atoms with van der Waals surface area (Å²) in [5.74, 6) is -1.46. The van der Waals surface area contributed by atoms with Crippen LogP contribution in [0.1, 0.15) is 67.2 Å². The highest BCUT2D eigenvalue weighted by molar-refractivity contribution is 5.92. The first-order chi connectivity index (χ1) is 13.0. The Labute approximate surface area is 169 Å². The summed E-state index contributed by atoms with van der Waals surface area (Å²) in [6, 6.07) is 0. The highest BCUT2D eigenvalue weighted by Gasteiger charge is 2.26. The van der Waals surface area contributed by atoms with E-state index in [2.05, 4.69) is 37.7 Å². The van der Waals surface area contributed by atoms with Crippen molar-refractivity contribution < 1.29 is 19.4 Å². The molecular formula is C24H34O4. The van der Waals surface area contributed by atoms with Crippen LogP contribution in [-0.4, -0.2) is 23.1 Å². The van der Waals surface area contributed by atoms with Crippen molar-refractivity contribution in [1.82, 2.24) is 0 Å². The number of esters is 2. The van der Waals surface area contributed by atoms with Crippen LogP contribution < -0.4 is 0 Å². The third kappa shape index (κ3) is 8.66. The van der Waals surface area contributed by atoms with Gasteiger partial charge in [0.1, 0.15) is 0 Å². The minimum atomic E-state index is -0.829. The summed E-state index contributed by atoms with van der Waals surface area (Å²) >= 11 is 0. The first kappa shape index (κ1) is 23.8. The Bertz CT molecular complexity index is 728. The van der Waals surface area contributed by atoms with Gasteiger partial charge in [-0.25, -0.2) is 4.79 Å². The Balaban J connectivity index is 2.67. The number of hydrogen-bond donors (Lipinski definition) is 1. The van der Waals surface area contributed by atoms with Crippen LogP contribution in [0, 0.1) is 5.41 Å². The molecular weight excluding hydrogens is 352 g/mol. The van der Waals surface area contributed by atoms with Crippen molar-refractivity contribution in [3.8, 4) is 0 Å². The molecule has 0 saturated carbocycles. The van der Waals surface area contributed by atoms with Crippen molar-refractivity contribution in [2.75, 3.05) is 0 Å². The monoisotopic (exact) mass is 386 g/mol. The maximum Gasteiger partial charge on any atom is 0.338 e. The molecule has 0 saturated heterocycles. The second kappa shape index (κ2) is 11.0. The minimum Gasteiger partial charge on any atom is -0.393 e. The summed E-state index contributed by atoms with van der Waals surface area (Å²) in [6.45, 7) is 12.1. The van der Waals surface area contributed by atoms with E-state index < -0.39 is 18.0 Å². The molecule has 154 valence electrons. The van der Waals surface area contributed by atoms with E-state index in [4.69, 9.17) is 5.11 Å². The highest BCUT2D eigenvalue weighted by Crippen LogP contribution is 2.40. The van der Waals surface area contributed by atoms with Gasteiger partial charge in [-0.1, -0.05) is 55.4 Å². The van der Waals surface area contributed by atoms with Gasteiger partial charge in [0, 0.05) is 6.08 Å². The minimum absolute atomic E-state index is 0.199. The Morgan fingerprint density at radius 2 is 1.89 bits per heavy atom. The normalized spacial score (nSPS) is 19.4. The molecule has 4 heteroatoms. The summed E-state index contributed by atoms with van der Waals surface area (Å²) in [7, 11) is 0. The Kier molecular flexibility index (Phi) is 9.33. The van der Waals surface area contributed by atoms with Crippen LogP contribution in [0.4, 0.5) is 0 Å². The van der Waals surface area contributed by atoms with Crippen LogP contribution in [0.3, 0.4) is 0 Å². The zero-order valence-electron chi connectivity index (χ0n) is 18.0. The van der Waals surface area contributed by atoms with Crippen molar-refractivity contribution in [3.63, 3.8) is 0 Å². The molecule has 0 bridgehead atoms. The molecule has 0 fully saturated rings. The number of aliphatic hydroxyl groups is 1. The third-order valence-electron chi connectivity index (χ3n) is 4.80. The smallest absolute Gasteiger partial charge is 0.338 e. The first-order valence-electron chi connectivity index (χ1n) is 9.85. The number of rotatable bonds is 7. The van der Waals surface area contributed by atoms with Crippen LogP contribution >= 0.6 is 0 Å². The summed E-state index contributed by atoms with van der Waals surface area (Å²) in [4.78, 5) is 23.0. The maximum atomic E-state index is 11.6. The van der Waals surface area contributed by atoms with Gasteiger partial charge >= 0.3 is 11.9 Å². The van der Waals surface area contributed by atoms with Crippen molar-refractivity contribution in [1.29, 1.82) is 0 Å². The Morgan fingerprint density at radius 1 is 1.21 bits per heavy atom. The standard InChI is InChI=1S/C24H34O4/c1-17(12-13-21-19(3)11-8-14-24(21,5)6)9-7-10-18(2)15-22(26)28-23(27)16-20(4)25/h7,9-10,12-13,15,20,25H,8,11,14,16H2,1-6H3/b10-7+,13-12+,17-9+,18-15+. The second-order valence-corrected chi connectivity index (χ2v) is 8.27. The van der Waals surface area contributed by atoms with Crippen molar-refractivity contribution >= 4 is 11.9 Å². The van der Waals surface area contributed by atoms with Gasteiger partial charge in [0.05, 0.1) is 12.5 Å². The summed E-state index contributed by atoms with van der Waals surface area (Å²) in [5.41, 5.74) is 4.91. The lowest BCUT2D eigenvalue weighted by Crippen LogP contribution is -2.19. The molecule has 0 radical (unpaired) electrons. The first-order valence-corrected chi connectivity index (χ1v) is 9.85. The van der Waals surface area contributed by atoms with Crippen molar-refractivity contribution in [2.45, 2.75) is 73.3 Å². The largest absolute Gasteiger partial charge is 0.393 e. The van der Waals surface area contributed by atoms with Gasteiger partial charge in [0.15, 0.2) is 0 Å². The second-order valence-electron chi connectivity index (χ2n) is 8.27. The quantitative estimate of drug-likeness (QED) is 0.277. The van der Waals surface area contributed by atoms with Crippen LogP contribution in [-0.2, 0) is 14.3 Å². The van der Waals surface area contributed by atoms with Gasteiger partial charge in [-0.15, -0.1) is 0 Å². The fourth-order valence-corrected chi connectivity index (χ4v) is 3.29. The van der Waals surface area contributed by atoms with Gasteiger partial charge in [-0.05, 0) is 63.5 Å². The molecule has 0 aromatic rings. The van der Waals surface area contributed by atoms with E-state index in [0.29, 0.717) is 5.57 Å². The molecule has 28 heavy (non-hydrogen) atoms. The fraction of sp³-hybridized carbons (Fsp3) is 0.500. The van der Waals surface area contributed by atoms with E-state index in [1.807, 2.05) is 19.1 Å². The zero-order valence-corrected chi connectivity index (χ0v) is 18.0. The Morgan fingerprint density at radius 3 is 2.50 bits per heavy atom. The molecule has 4 nitrogen and oxygen atoms in total. The van der Waals surface area contributed by atoms with Gasteiger partial charge in [-0.2, -0.15) is 0 Å². The lowest BCUT2D eigenvalue weighted by Gasteiger charge is -2.32. The molecule has 1 atom stereocenters. The van der Waals surface area contributed by atoms with Crippen LogP contribution in [0.2, 0.25) is 0 Å². The van der Waals surface area contributed by atoms with E-state index in [1.165, 1.54) is 43.4 Å².